The molecule has 1 saturated heterocycles. The summed E-state index contributed by atoms with van der Waals surface area (Å²) in [6.45, 7) is 0.998. The van der Waals surface area contributed by atoms with Crippen LogP contribution in [0.25, 0.3) is 0 Å². The standard InChI is InChI=1S/C10H16N4O2S2/c1-18(15,16)10-7-17-5-4-14(10)9-3-2-8(6-11)12-13-9/h2-3,10H,4-7,11H2,1H3. The number of anilines is 1. The lowest BCUT2D eigenvalue weighted by atomic mass is 10.3. The largest absolute Gasteiger partial charge is 0.337 e. The number of hydrogen-bond donors (Lipinski definition) is 1. The van der Waals surface area contributed by atoms with Gasteiger partial charge in [0.15, 0.2) is 15.7 Å². The van der Waals surface area contributed by atoms with Crippen LogP contribution in [0, 0.1) is 0 Å². The molecule has 0 amide bonds. The Morgan fingerprint density at radius 3 is 2.83 bits per heavy atom. The Bertz CT molecular complexity index is 503. The second kappa shape index (κ2) is 5.41. The molecule has 100 valence electrons. The number of nitrogens with two attached hydrogens (primary N) is 1. The molecule has 1 aliphatic rings. The van der Waals surface area contributed by atoms with Gasteiger partial charge in [0.05, 0.1) is 5.69 Å². The van der Waals surface area contributed by atoms with Crippen LogP contribution in [0.2, 0.25) is 0 Å². The first-order valence-corrected chi connectivity index (χ1v) is 8.69. The van der Waals surface area contributed by atoms with E-state index in [1.807, 2.05) is 0 Å². The summed E-state index contributed by atoms with van der Waals surface area (Å²) in [7, 11) is -3.13. The molecular formula is C10H16N4O2S2. The lowest BCUT2D eigenvalue weighted by molar-refractivity contribution is 0.583. The molecule has 0 aromatic carbocycles. The minimum atomic E-state index is -3.13. The van der Waals surface area contributed by atoms with Gasteiger partial charge in [-0.25, -0.2) is 8.42 Å². The van der Waals surface area contributed by atoms with Gasteiger partial charge in [-0.15, -0.1) is 5.10 Å². The maximum atomic E-state index is 11.8. The summed E-state index contributed by atoms with van der Waals surface area (Å²) in [6.07, 6.45) is 1.26. The Kier molecular flexibility index (Phi) is 4.08. The van der Waals surface area contributed by atoms with Crippen molar-refractivity contribution in [2.75, 3.05) is 29.2 Å². The number of nitrogens with zero attached hydrogens (tertiary/aromatic N) is 3. The van der Waals surface area contributed by atoms with E-state index >= 15 is 0 Å². The van der Waals surface area contributed by atoms with E-state index in [9.17, 15) is 8.42 Å². The average Bonchev–Trinajstić information content (AvgIpc) is 2.38. The fourth-order valence-electron chi connectivity index (χ4n) is 1.81. The minimum absolute atomic E-state index is 0.332. The summed E-state index contributed by atoms with van der Waals surface area (Å²) in [5.74, 6) is 2.06. The van der Waals surface area contributed by atoms with Crippen LogP contribution in [0.15, 0.2) is 12.1 Å². The molecule has 1 unspecified atom stereocenters. The molecule has 0 radical (unpaired) electrons. The first kappa shape index (κ1) is 13.6. The zero-order valence-corrected chi connectivity index (χ0v) is 11.7. The first-order chi connectivity index (χ1) is 8.52. The van der Waals surface area contributed by atoms with Crippen molar-refractivity contribution in [3.63, 3.8) is 0 Å². The quantitative estimate of drug-likeness (QED) is 0.828. The molecule has 6 nitrogen and oxygen atoms in total. The average molecular weight is 288 g/mol. The van der Waals surface area contributed by atoms with Crippen molar-refractivity contribution in [2.45, 2.75) is 11.9 Å². The van der Waals surface area contributed by atoms with Crippen molar-refractivity contribution < 1.29 is 8.42 Å². The normalized spacial score (nSPS) is 21.0. The lowest BCUT2D eigenvalue weighted by Crippen LogP contribution is -2.47. The molecular weight excluding hydrogens is 272 g/mol. The Balaban J connectivity index is 2.28. The molecule has 0 saturated carbocycles. The monoisotopic (exact) mass is 288 g/mol. The maximum Gasteiger partial charge on any atom is 0.169 e. The number of aromatic nitrogens is 2. The van der Waals surface area contributed by atoms with Crippen LogP contribution in [0.1, 0.15) is 5.69 Å². The van der Waals surface area contributed by atoms with Crippen LogP contribution >= 0.6 is 11.8 Å². The summed E-state index contributed by atoms with van der Waals surface area (Å²) in [5.41, 5.74) is 6.15. The number of hydrogen-bond acceptors (Lipinski definition) is 7. The number of sulfone groups is 1. The van der Waals surface area contributed by atoms with Crippen molar-refractivity contribution in [2.24, 2.45) is 5.73 Å². The number of thioether (sulfide) groups is 1. The molecule has 2 N–H and O–H groups in total. The highest BCUT2D eigenvalue weighted by atomic mass is 32.2. The predicted octanol–water partition coefficient (Wildman–Crippen LogP) is -0.141. The van der Waals surface area contributed by atoms with Crippen LogP contribution in [-0.4, -0.2) is 48.3 Å². The van der Waals surface area contributed by atoms with Crippen molar-refractivity contribution >= 4 is 27.4 Å². The third kappa shape index (κ3) is 2.93. The van der Waals surface area contributed by atoms with Gasteiger partial charge in [-0.05, 0) is 12.1 Å². The third-order valence-corrected chi connectivity index (χ3v) is 5.43. The highest BCUT2D eigenvalue weighted by Gasteiger charge is 2.31. The van der Waals surface area contributed by atoms with E-state index in [4.69, 9.17) is 5.73 Å². The van der Waals surface area contributed by atoms with E-state index in [0.29, 0.717) is 30.4 Å². The van der Waals surface area contributed by atoms with E-state index in [2.05, 4.69) is 10.2 Å². The first-order valence-electron chi connectivity index (χ1n) is 5.58. The molecule has 0 spiro atoms. The van der Waals surface area contributed by atoms with Crippen LogP contribution < -0.4 is 10.6 Å². The van der Waals surface area contributed by atoms with Crippen molar-refractivity contribution in [1.82, 2.24) is 10.2 Å². The zero-order valence-electron chi connectivity index (χ0n) is 10.1. The minimum Gasteiger partial charge on any atom is -0.337 e. The van der Waals surface area contributed by atoms with Crippen LogP contribution in [0.3, 0.4) is 0 Å². The number of rotatable bonds is 3. The molecule has 1 aliphatic heterocycles. The molecule has 0 bridgehead atoms. The highest BCUT2D eigenvalue weighted by Crippen LogP contribution is 2.24. The van der Waals surface area contributed by atoms with Gasteiger partial charge in [0.2, 0.25) is 0 Å². The Morgan fingerprint density at radius 2 is 2.28 bits per heavy atom. The van der Waals surface area contributed by atoms with Gasteiger partial charge >= 0.3 is 0 Å². The van der Waals surface area contributed by atoms with E-state index in [1.165, 1.54) is 6.26 Å². The van der Waals surface area contributed by atoms with Crippen molar-refractivity contribution in [3.05, 3.63) is 17.8 Å². The van der Waals surface area contributed by atoms with Gasteiger partial charge in [0.25, 0.3) is 0 Å². The van der Waals surface area contributed by atoms with Gasteiger partial charge < -0.3 is 10.6 Å². The molecule has 0 aliphatic carbocycles. The second-order valence-corrected chi connectivity index (χ2v) is 7.49. The van der Waals surface area contributed by atoms with Gasteiger partial charge in [0, 0.05) is 30.9 Å². The Labute approximate surface area is 111 Å². The molecule has 2 heterocycles. The molecule has 1 aromatic heterocycles. The zero-order chi connectivity index (χ0) is 13.2. The van der Waals surface area contributed by atoms with Crippen molar-refractivity contribution in [1.29, 1.82) is 0 Å². The SMILES string of the molecule is CS(=O)(=O)C1CSCCN1c1ccc(CN)nn1. The van der Waals surface area contributed by atoms with Crippen molar-refractivity contribution in [3.8, 4) is 0 Å². The molecule has 2 rings (SSSR count). The van der Waals surface area contributed by atoms with E-state index in [-0.39, 0.29) is 0 Å². The summed E-state index contributed by atoms with van der Waals surface area (Å²) in [4.78, 5) is 1.80. The summed E-state index contributed by atoms with van der Waals surface area (Å²) >= 11 is 1.65. The Morgan fingerprint density at radius 1 is 1.50 bits per heavy atom. The van der Waals surface area contributed by atoms with Gasteiger partial charge in [0.1, 0.15) is 5.37 Å². The highest BCUT2D eigenvalue weighted by molar-refractivity contribution is 8.01. The topological polar surface area (TPSA) is 89.2 Å². The van der Waals surface area contributed by atoms with Crippen LogP contribution in [0.5, 0.6) is 0 Å². The third-order valence-electron chi connectivity index (χ3n) is 2.79. The summed E-state index contributed by atoms with van der Waals surface area (Å²) in [6, 6.07) is 3.56. The van der Waals surface area contributed by atoms with Gasteiger partial charge in [-0.1, -0.05) is 0 Å². The predicted molar refractivity (Wildman–Crippen MR) is 73.2 cm³/mol. The van der Waals surface area contributed by atoms with E-state index < -0.39 is 15.2 Å². The fraction of sp³-hybridized carbons (Fsp3) is 0.600. The Hall–Kier alpha value is -0.860. The van der Waals surface area contributed by atoms with Gasteiger partial charge in [-0.2, -0.15) is 16.9 Å². The summed E-state index contributed by atoms with van der Waals surface area (Å²) < 4.78 is 23.5. The van der Waals surface area contributed by atoms with Gasteiger partial charge in [-0.3, -0.25) is 0 Å². The molecule has 1 fully saturated rings. The second-order valence-electron chi connectivity index (χ2n) is 4.14. The smallest absolute Gasteiger partial charge is 0.169 e. The molecule has 1 atom stereocenters. The molecule has 18 heavy (non-hydrogen) atoms. The fourth-order valence-corrected chi connectivity index (χ4v) is 4.64. The maximum absolute atomic E-state index is 11.8. The molecule has 1 aromatic rings. The van der Waals surface area contributed by atoms with E-state index in [1.54, 1.807) is 28.8 Å². The van der Waals surface area contributed by atoms with Crippen LogP contribution in [-0.2, 0) is 16.4 Å². The summed E-state index contributed by atoms with van der Waals surface area (Å²) in [5, 5.41) is 7.51. The molecule has 8 heteroatoms. The van der Waals surface area contributed by atoms with Crippen LogP contribution in [0.4, 0.5) is 5.82 Å². The van der Waals surface area contributed by atoms with E-state index in [0.717, 1.165) is 5.75 Å². The lowest BCUT2D eigenvalue weighted by Gasteiger charge is -2.34.